The summed E-state index contributed by atoms with van der Waals surface area (Å²) < 4.78 is 1.08. The molecule has 3 heteroatoms. The molecule has 17 heavy (non-hydrogen) atoms. The number of benzene rings is 1. The lowest BCUT2D eigenvalue weighted by Gasteiger charge is -2.35. The molecule has 0 aliphatic rings. The summed E-state index contributed by atoms with van der Waals surface area (Å²) in [6.45, 7) is 11.1. The fourth-order valence-corrected chi connectivity index (χ4v) is 2.26. The van der Waals surface area contributed by atoms with E-state index in [4.69, 9.17) is 11.6 Å². The van der Waals surface area contributed by atoms with Crippen LogP contribution in [0.25, 0.3) is 0 Å². The van der Waals surface area contributed by atoms with Gasteiger partial charge in [-0.3, -0.25) is 4.79 Å². The summed E-state index contributed by atoms with van der Waals surface area (Å²) in [5.74, 6) is 0. The predicted molar refractivity (Wildman–Crippen MR) is 72.2 cm³/mol. The van der Waals surface area contributed by atoms with Gasteiger partial charge in [0.15, 0.2) is 0 Å². The number of nitrogens with zero attached hydrogens (tertiary/aromatic N) is 1. The van der Waals surface area contributed by atoms with E-state index in [1.165, 1.54) is 5.56 Å². The van der Waals surface area contributed by atoms with Crippen molar-refractivity contribution in [1.82, 2.24) is 0 Å². The van der Waals surface area contributed by atoms with E-state index in [1.54, 1.807) is 12.1 Å². The van der Waals surface area contributed by atoms with Gasteiger partial charge in [-0.2, -0.15) is 0 Å². The maximum Gasteiger partial charge on any atom is 0.252 e. The summed E-state index contributed by atoms with van der Waals surface area (Å²) in [7, 11) is 0. The molecule has 1 aromatic rings. The predicted octanol–water partition coefficient (Wildman–Crippen LogP) is 3.44. The number of halogens is 1. The molecular formula is C14H21ClNO+. The lowest BCUT2D eigenvalue weighted by atomic mass is 10.1. The Balaban J connectivity index is 2.84. The van der Waals surface area contributed by atoms with Crippen LogP contribution in [0.5, 0.6) is 0 Å². The van der Waals surface area contributed by atoms with Crippen LogP contribution in [-0.2, 0) is 6.54 Å². The van der Waals surface area contributed by atoms with Gasteiger partial charge in [-0.25, -0.2) is 0 Å². The topological polar surface area (TPSA) is 17.1 Å². The lowest BCUT2D eigenvalue weighted by molar-refractivity contribution is -0.936. The van der Waals surface area contributed by atoms with E-state index in [-0.39, 0.29) is 0 Å². The van der Waals surface area contributed by atoms with Crippen LogP contribution in [0.3, 0.4) is 0 Å². The van der Waals surface area contributed by atoms with Crippen LogP contribution in [-0.4, -0.2) is 29.4 Å². The zero-order valence-corrected chi connectivity index (χ0v) is 11.6. The molecule has 2 nitrogen and oxygen atoms in total. The van der Waals surface area contributed by atoms with Gasteiger partial charge in [-0.05, 0) is 44.5 Å². The minimum absolute atomic E-state index is 0.390. The zero-order chi connectivity index (χ0) is 12.9. The molecule has 0 bridgehead atoms. The molecule has 1 aromatic carbocycles. The van der Waals surface area contributed by atoms with Crippen molar-refractivity contribution >= 4 is 16.8 Å². The van der Waals surface area contributed by atoms with Crippen molar-refractivity contribution in [3.05, 3.63) is 35.4 Å². The summed E-state index contributed by atoms with van der Waals surface area (Å²) in [5.41, 5.74) is 1.83. The van der Waals surface area contributed by atoms with Crippen LogP contribution in [0.15, 0.2) is 24.3 Å². The Hall–Kier alpha value is -0.860. The molecule has 0 fully saturated rings. The highest BCUT2D eigenvalue weighted by molar-refractivity contribution is 6.67. The second-order valence-corrected chi connectivity index (χ2v) is 4.76. The monoisotopic (exact) mass is 254 g/mol. The van der Waals surface area contributed by atoms with Gasteiger partial charge < -0.3 is 4.48 Å². The maximum atomic E-state index is 11.0. The van der Waals surface area contributed by atoms with Gasteiger partial charge in [0.2, 0.25) is 0 Å². The first kappa shape index (κ1) is 14.2. The number of hydrogen-bond acceptors (Lipinski definition) is 1. The highest BCUT2D eigenvalue weighted by Gasteiger charge is 2.20. The van der Waals surface area contributed by atoms with E-state index < -0.39 is 5.24 Å². The summed E-state index contributed by atoms with van der Waals surface area (Å²) in [5, 5.41) is -0.390. The minimum Gasteiger partial charge on any atom is -0.321 e. The van der Waals surface area contributed by atoms with Gasteiger partial charge in [-0.15, -0.1) is 0 Å². The van der Waals surface area contributed by atoms with Gasteiger partial charge in [0.05, 0.1) is 19.6 Å². The van der Waals surface area contributed by atoms with E-state index >= 15 is 0 Å². The Morgan fingerprint density at radius 3 is 1.88 bits per heavy atom. The molecule has 0 unspecified atom stereocenters. The van der Waals surface area contributed by atoms with E-state index in [0.717, 1.165) is 30.7 Å². The summed E-state index contributed by atoms with van der Waals surface area (Å²) in [6.07, 6.45) is 0. The minimum atomic E-state index is -0.390. The highest BCUT2D eigenvalue weighted by atomic mass is 35.5. The molecule has 0 atom stereocenters. The number of rotatable bonds is 6. The van der Waals surface area contributed by atoms with Crippen LogP contribution in [0.4, 0.5) is 0 Å². The van der Waals surface area contributed by atoms with Crippen LogP contribution in [0.1, 0.15) is 36.7 Å². The fraction of sp³-hybridized carbons (Fsp3) is 0.500. The number of hydrogen-bond donors (Lipinski definition) is 0. The van der Waals surface area contributed by atoms with Crippen molar-refractivity contribution in [2.45, 2.75) is 27.3 Å². The molecule has 0 aromatic heterocycles. The normalized spacial score (nSPS) is 11.5. The largest absolute Gasteiger partial charge is 0.321 e. The van der Waals surface area contributed by atoms with Crippen LogP contribution >= 0.6 is 11.6 Å². The molecule has 94 valence electrons. The Morgan fingerprint density at radius 2 is 1.53 bits per heavy atom. The number of quaternary nitrogens is 1. The summed E-state index contributed by atoms with van der Waals surface area (Å²) in [6, 6.07) is 7.62. The van der Waals surface area contributed by atoms with Crippen molar-refractivity contribution in [2.75, 3.05) is 19.6 Å². The van der Waals surface area contributed by atoms with Gasteiger partial charge in [0.25, 0.3) is 5.24 Å². The summed E-state index contributed by atoms with van der Waals surface area (Å²) in [4.78, 5) is 11.0. The average molecular weight is 255 g/mol. The Labute approximate surface area is 109 Å². The van der Waals surface area contributed by atoms with Gasteiger partial charge in [0, 0.05) is 11.1 Å². The number of carbonyl (C=O) groups is 1. The van der Waals surface area contributed by atoms with E-state index in [0.29, 0.717) is 5.56 Å². The second-order valence-electron chi connectivity index (χ2n) is 4.42. The Morgan fingerprint density at radius 1 is 1.06 bits per heavy atom. The van der Waals surface area contributed by atoms with Crippen molar-refractivity contribution in [2.24, 2.45) is 0 Å². The van der Waals surface area contributed by atoms with Crippen molar-refractivity contribution < 1.29 is 9.28 Å². The molecule has 0 saturated carbocycles. The third-order valence-corrected chi connectivity index (χ3v) is 3.93. The van der Waals surface area contributed by atoms with Crippen molar-refractivity contribution in [1.29, 1.82) is 0 Å². The molecule has 0 heterocycles. The third-order valence-electron chi connectivity index (χ3n) is 3.71. The van der Waals surface area contributed by atoms with Crippen LogP contribution < -0.4 is 0 Å². The first-order valence-corrected chi connectivity index (χ1v) is 6.58. The summed E-state index contributed by atoms with van der Waals surface area (Å²) >= 11 is 5.43. The molecule has 0 amide bonds. The molecule has 0 spiro atoms. The molecule has 0 aliphatic heterocycles. The van der Waals surface area contributed by atoms with Crippen molar-refractivity contribution in [3.63, 3.8) is 0 Å². The Bertz CT molecular complexity index is 360. The van der Waals surface area contributed by atoms with Crippen molar-refractivity contribution in [3.8, 4) is 0 Å². The van der Waals surface area contributed by atoms with Gasteiger partial charge in [0.1, 0.15) is 6.54 Å². The average Bonchev–Trinajstić information content (AvgIpc) is 2.37. The quantitative estimate of drug-likeness (QED) is 0.561. The number of carbonyl (C=O) groups excluding carboxylic acids is 1. The molecule has 0 N–H and O–H groups in total. The maximum absolute atomic E-state index is 11.0. The zero-order valence-electron chi connectivity index (χ0n) is 10.9. The van der Waals surface area contributed by atoms with Gasteiger partial charge in [-0.1, -0.05) is 12.1 Å². The first-order valence-electron chi connectivity index (χ1n) is 6.20. The first-order chi connectivity index (χ1) is 8.06. The van der Waals surface area contributed by atoms with Gasteiger partial charge >= 0.3 is 0 Å². The molecule has 0 aliphatic carbocycles. The van der Waals surface area contributed by atoms with Crippen LogP contribution in [0, 0.1) is 0 Å². The lowest BCUT2D eigenvalue weighted by Crippen LogP contribution is -2.46. The fourth-order valence-electron chi connectivity index (χ4n) is 2.13. The SMILES string of the molecule is CC[N+](CC)(CC)Cc1ccc(C(=O)Cl)cc1. The van der Waals surface area contributed by atoms with Crippen LogP contribution in [0.2, 0.25) is 0 Å². The highest BCUT2D eigenvalue weighted by Crippen LogP contribution is 2.15. The smallest absolute Gasteiger partial charge is 0.252 e. The van der Waals surface area contributed by atoms with E-state index in [2.05, 4.69) is 20.8 Å². The molecular weight excluding hydrogens is 234 g/mol. The third kappa shape index (κ3) is 3.55. The standard InChI is InChI=1S/C14H21ClNO/c1-4-16(5-2,6-3)11-12-7-9-13(10-8-12)14(15)17/h7-10H,4-6,11H2,1-3H3/q+1. The second kappa shape index (κ2) is 6.18. The van der Waals surface area contributed by atoms with E-state index in [9.17, 15) is 4.79 Å². The molecule has 0 saturated heterocycles. The molecule has 0 radical (unpaired) electrons. The molecule has 1 rings (SSSR count). The van der Waals surface area contributed by atoms with E-state index in [1.807, 2.05) is 12.1 Å². The Kier molecular flexibility index (Phi) is 5.16.